The van der Waals surface area contributed by atoms with Crippen LogP contribution < -0.4 is 15.0 Å². The number of carbonyl (C=O) groups excluding carboxylic acids is 1. The average molecular weight is 332 g/mol. The standard InChI is InChI=1S/C16H20N4O2S/c1-10(2)22-14-6-4-12(5-7-14)15(21)17-13-8-20(9-13)16-19-18-11(3)23-16/h4-7,10,13H,8-9H2,1-3H3,(H,17,21). The Kier molecular flexibility index (Phi) is 4.47. The molecule has 2 heterocycles. The summed E-state index contributed by atoms with van der Waals surface area (Å²) < 4.78 is 5.58. The fourth-order valence-corrected chi connectivity index (χ4v) is 3.07. The highest BCUT2D eigenvalue weighted by molar-refractivity contribution is 7.15. The van der Waals surface area contributed by atoms with Crippen LogP contribution in [0.15, 0.2) is 24.3 Å². The van der Waals surface area contributed by atoms with E-state index in [0.29, 0.717) is 5.56 Å². The predicted octanol–water partition coefficient (Wildman–Crippen LogP) is 2.25. The summed E-state index contributed by atoms with van der Waals surface area (Å²) in [4.78, 5) is 14.4. The summed E-state index contributed by atoms with van der Waals surface area (Å²) in [5, 5.41) is 13.0. The van der Waals surface area contributed by atoms with Gasteiger partial charge in [-0.25, -0.2) is 0 Å². The van der Waals surface area contributed by atoms with Gasteiger partial charge in [0.25, 0.3) is 5.91 Å². The van der Waals surface area contributed by atoms with Crippen molar-refractivity contribution < 1.29 is 9.53 Å². The highest BCUT2D eigenvalue weighted by Crippen LogP contribution is 2.24. The van der Waals surface area contributed by atoms with Crippen molar-refractivity contribution in [3.05, 3.63) is 34.8 Å². The van der Waals surface area contributed by atoms with E-state index in [1.54, 1.807) is 23.5 Å². The number of hydrogen-bond acceptors (Lipinski definition) is 6. The van der Waals surface area contributed by atoms with Gasteiger partial charge in [-0.15, -0.1) is 10.2 Å². The lowest BCUT2D eigenvalue weighted by atomic mass is 10.1. The third-order valence-corrected chi connectivity index (χ3v) is 4.39. The molecule has 1 aromatic carbocycles. The lowest BCUT2D eigenvalue weighted by Crippen LogP contribution is -2.59. The van der Waals surface area contributed by atoms with Crippen molar-refractivity contribution in [2.75, 3.05) is 18.0 Å². The number of nitrogens with one attached hydrogen (secondary N) is 1. The van der Waals surface area contributed by atoms with Crippen LogP contribution in [0.1, 0.15) is 29.2 Å². The Morgan fingerprint density at radius 3 is 2.57 bits per heavy atom. The van der Waals surface area contributed by atoms with Crippen molar-refractivity contribution in [3.63, 3.8) is 0 Å². The van der Waals surface area contributed by atoms with E-state index in [9.17, 15) is 4.79 Å². The summed E-state index contributed by atoms with van der Waals surface area (Å²) in [5.74, 6) is 0.720. The number of amides is 1. The molecule has 0 spiro atoms. The Bertz CT molecular complexity index is 678. The predicted molar refractivity (Wildman–Crippen MR) is 90.3 cm³/mol. The number of carbonyl (C=O) groups is 1. The van der Waals surface area contributed by atoms with Gasteiger partial charge in [-0.3, -0.25) is 4.79 Å². The van der Waals surface area contributed by atoms with Crippen LogP contribution in [0.4, 0.5) is 5.13 Å². The lowest BCUT2D eigenvalue weighted by Gasteiger charge is -2.39. The van der Waals surface area contributed by atoms with Crippen LogP contribution in [0.2, 0.25) is 0 Å². The monoisotopic (exact) mass is 332 g/mol. The van der Waals surface area contributed by atoms with Crippen LogP contribution in [0.25, 0.3) is 0 Å². The summed E-state index contributed by atoms with van der Waals surface area (Å²) in [5.41, 5.74) is 0.645. The molecule has 1 N–H and O–H groups in total. The van der Waals surface area contributed by atoms with Crippen molar-refractivity contribution in [1.29, 1.82) is 0 Å². The molecule has 0 aliphatic carbocycles. The van der Waals surface area contributed by atoms with E-state index in [1.807, 2.05) is 32.9 Å². The van der Waals surface area contributed by atoms with Crippen molar-refractivity contribution >= 4 is 22.4 Å². The first kappa shape index (κ1) is 15.7. The van der Waals surface area contributed by atoms with E-state index in [1.165, 1.54) is 0 Å². The van der Waals surface area contributed by atoms with Crippen LogP contribution in [-0.2, 0) is 0 Å². The van der Waals surface area contributed by atoms with Crippen LogP contribution in [0.3, 0.4) is 0 Å². The van der Waals surface area contributed by atoms with Gasteiger partial charge in [0.05, 0.1) is 12.1 Å². The molecular formula is C16H20N4O2S. The van der Waals surface area contributed by atoms with Gasteiger partial charge in [-0.05, 0) is 45.0 Å². The summed E-state index contributed by atoms with van der Waals surface area (Å²) in [6, 6.07) is 7.38. The molecule has 23 heavy (non-hydrogen) atoms. The maximum Gasteiger partial charge on any atom is 0.251 e. The Labute approximate surface area is 139 Å². The molecule has 1 aliphatic rings. The molecule has 0 bridgehead atoms. The van der Waals surface area contributed by atoms with Crippen LogP contribution >= 0.6 is 11.3 Å². The smallest absolute Gasteiger partial charge is 0.251 e. The second kappa shape index (κ2) is 6.54. The molecule has 1 fully saturated rings. The maximum atomic E-state index is 12.2. The Balaban J connectivity index is 1.50. The second-order valence-corrected chi connectivity index (χ2v) is 7.03. The Morgan fingerprint density at radius 2 is 2.00 bits per heavy atom. The average Bonchev–Trinajstić information content (AvgIpc) is 2.88. The van der Waals surface area contributed by atoms with E-state index in [4.69, 9.17) is 4.74 Å². The van der Waals surface area contributed by atoms with Gasteiger partial charge in [-0.2, -0.15) is 0 Å². The minimum absolute atomic E-state index is 0.0563. The van der Waals surface area contributed by atoms with Crippen LogP contribution in [0, 0.1) is 6.92 Å². The fraction of sp³-hybridized carbons (Fsp3) is 0.438. The van der Waals surface area contributed by atoms with Gasteiger partial charge in [-0.1, -0.05) is 11.3 Å². The molecule has 1 aromatic heterocycles. The molecule has 3 rings (SSSR count). The molecule has 1 saturated heterocycles. The number of nitrogens with zero attached hydrogens (tertiary/aromatic N) is 3. The first-order chi connectivity index (χ1) is 11.0. The van der Waals surface area contributed by atoms with Gasteiger partial charge in [0.15, 0.2) is 0 Å². The maximum absolute atomic E-state index is 12.2. The second-order valence-electron chi connectivity index (χ2n) is 5.87. The van der Waals surface area contributed by atoms with E-state index < -0.39 is 0 Å². The molecule has 0 atom stereocenters. The first-order valence-corrected chi connectivity index (χ1v) is 8.45. The highest BCUT2D eigenvalue weighted by Gasteiger charge is 2.30. The SMILES string of the molecule is Cc1nnc(N2CC(NC(=O)c3ccc(OC(C)C)cc3)C2)s1. The zero-order valence-electron chi connectivity index (χ0n) is 13.4. The van der Waals surface area contributed by atoms with Gasteiger partial charge in [0.2, 0.25) is 5.13 Å². The van der Waals surface area contributed by atoms with Crippen molar-refractivity contribution in [2.24, 2.45) is 0 Å². The summed E-state index contributed by atoms with van der Waals surface area (Å²) in [7, 11) is 0. The van der Waals surface area contributed by atoms with Gasteiger partial charge >= 0.3 is 0 Å². The third kappa shape index (κ3) is 3.79. The highest BCUT2D eigenvalue weighted by atomic mass is 32.1. The number of ether oxygens (including phenoxy) is 1. The molecule has 7 heteroatoms. The van der Waals surface area contributed by atoms with Gasteiger partial charge in [0, 0.05) is 18.7 Å². The Morgan fingerprint density at radius 1 is 1.30 bits per heavy atom. The molecular weight excluding hydrogens is 312 g/mol. The van der Waals surface area contributed by atoms with E-state index in [2.05, 4.69) is 20.4 Å². The summed E-state index contributed by atoms with van der Waals surface area (Å²) in [6.07, 6.45) is 0.125. The van der Waals surface area contributed by atoms with Crippen molar-refractivity contribution in [1.82, 2.24) is 15.5 Å². The zero-order valence-corrected chi connectivity index (χ0v) is 14.3. The summed E-state index contributed by atoms with van der Waals surface area (Å²) >= 11 is 1.57. The van der Waals surface area contributed by atoms with Crippen LogP contribution in [0.5, 0.6) is 5.75 Å². The molecule has 122 valence electrons. The van der Waals surface area contributed by atoms with E-state index in [-0.39, 0.29) is 18.1 Å². The molecule has 2 aromatic rings. The number of benzene rings is 1. The lowest BCUT2D eigenvalue weighted by molar-refractivity contribution is 0.0930. The van der Waals surface area contributed by atoms with Crippen molar-refractivity contribution in [3.8, 4) is 5.75 Å². The molecule has 0 radical (unpaired) electrons. The number of hydrogen-bond donors (Lipinski definition) is 1. The van der Waals surface area contributed by atoms with Gasteiger partial charge < -0.3 is 15.0 Å². The number of aromatic nitrogens is 2. The molecule has 0 unspecified atom stereocenters. The minimum Gasteiger partial charge on any atom is -0.491 e. The topological polar surface area (TPSA) is 67.4 Å². The minimum atomic E-state index is -0.0563. The molecule has 6 nitrogen and oxygen atoms in total. The molecule has 0 saturated carbocycles. The van der Waals surface area contributed by atoms with Gasteiger partial charge in [0.1, 0.15) is 10.8 Å². The van der Waals surface area contributed by atoms with Crippen molar-refractivity contribution in [2.45, 2.75) is 32.9 Å². The first-order valence-electron chi connectivity index (χ1n) is 7.64. The van der Waals surface area contributed by atoms with Crippen LogP contribution in [-0.4, -0.2) is 41.3 Å². The number of aryl methyl sites for hydroxylation is 1. The fourth-order valence-electron chi connectivity index (χ4n) is 2.37. The largest absolute Gasteiger partial charge is 0.491 e. The zero-order chi connectivity index (χ0) is 16.4. The molecule has 1 aliphatic heterocycles. The third-order valence-electron chi connectivity index (χ3n) is 3.49. The number of anilines is 1. The molecule has 1 amide bonds. The Hall–Kier alpha value is -2.15. The normalized spacial score (nSPS) is 14.7. The summed E-state index contributed by atoms with van der Waals surface area (Å²) in [6.45, 7) is 7.43. The quantitative estimate of drug-likeness (QED) is 0.909. The number of rotatable bonds is 5. The van der Waals surface area contributed by atoms with E-state index in [0.717, 1.165) is 29.0 Å². The van der Waals surface area contributed by atoms with E-state index >= 15 is 0 Å².